The van der Waals surface area contributed by atoms with E-state index in [1.54, 1.807) is 19.3 Å². The third-order valence-corrected chi connectivity index (χ3v) is 6.59. The van der Waals surface area contributed by atoms with Gasteiger partial charge in [-0.05, 0) is 58.4 Å². The number of fused-ring (bicyclic) bond motifs is 1. The second kappa shape index (κ2) is 7.69. The van der Waals surface area contributed by atoms with Gasteiger partial charge in [-0.2, -0.15) is 0 Å². The molecule has 0 radical (unpaired) electrons. The van der Waals surface area contributed by atoms with E-state index in [4.69, 9.17) is 15.2 Å². The Labute approximate surface area is 185 Å². The first-order valence-corrected chi connectivity index (χ1v) is 11.0. The fraction of sp³-hybridized carbons (Fsp3) is 0.417. The molecule has 5 rings (SSSR count). The Morgan fingerprint density at radius 2 is 1.94 bits per heavy atom. The first kappa shape index (κ1) is 20.6. The van der Waals surface area contributed by atoms with Crippen LogP contribution in [0, 0.1) is 19.8 Å². The molecular formula is C24H27FN6O. The first-order chi connectivity index (χ1) is 15.3. The first-order valence-electron chi connectivity index (χ1n) is 11.0. The predicted octanol–water partition coefficient (Wildman–Crippen LogP) is 5.27. The number of anilines is 1. The van der Waals surface area contributed by atoms with E-state index in [1.807, 2.05) is 20.0 Å². The molecule has 0 spiro atoms. The van der Waals surface area contributed by atoms with Crippen molar-refractivity contribution in [3.05, 3.63) is 42.3 Å². The van der Waals surface area contributed by atoms with Gasteiger partial charge in [0.15, 0.2) is 0 Å². The van der Waals surface area contributed by atoms with Gasteiger partial charge in [0, 0.05) is 35.6 Å². The highest BCUT2D eigenvalue weighted by Crippen LogP contribution is 2.38. The van der Waals surface area contributed by atoms with E-state index in [2.05, 4.69) is 32.0 Å². The van der Waals surface area contributed by atoms with Gasteiger partial charge in [0.1, 0.15) is 17.2 Å². The van der Waals surface area contributed by atoms with Crippen molar-refractivity contribution in [2.24, 2.45) is 5.92 Å². The fourth-order valence-electron chi connectivity index (χ4n) is 4.75. The van der Waals surface area contributed by atoms with Crippen molar-refractivity contribution in [3.8, 4) is 22.4 Å². The maximum Gasteiger partial charge on any atom is 0.141 e. The number of rotatable bonds is 4. The molecule has 4 aromatic rings. The lowest BCUT2D eigenvalue weighted by Gasteiger charge is -2.31. The van der Waals surface area contributed by atoms with E-state index in [1.165, 1.54) is 0 Å². The summed E-state index contributed by atoms with van der Waals surface area (Å²) in [6.45, 7) is 6.36. The number of nitrogens with two attached hydrogens (primary N) is 1. The molecular weight excluding hydrogens is 407 g/mol. The van der Waals surface area contributed by atoms with Crippen molar-refractivity contribution in [3.63, 3.8) is 0 Å². The summed E-state index contributed by atoms with van der Waals surface area (Å²) >= 11 is 0. The Morgan fingerprint density at radius 1 is 1.16 bits per heavy atom. The van der Waals surface area contributed by atoms with Gasteiger partial charge in [-0.25, -0.2) is 9.37 Å². The zero-order valence-electron chi connectivity index (χ0n) is 18.6. The average Bonchev–Trinajstić information content (AvgIpc) is 3.29. The van der Waals surface area contributed by atoms with Crippen LogP contribution in [0.25, 0.3) is 33.4 Å². The lowest BCUT2D eigenvalue weighted by atomic mass is 9.81. The second-order valence-electron chi connectivity index (χ2n) is 9.17. The minimum Gasteiger partial charge on any atom is -0.382 e. The molecule has 8 heteroatoms. The molecule has 2 N–H and O–H groups in total. The monoisotopic (exact) mass is 434 g/mol. The molecule has 32 heavy (non-hydrogen) atoms. The van der Waals surface area contributed by atoms with E-state index in [9.17, 15) is 4.39 Å². The van der Waals surface area contributed by atoms with Crippen LogP contribution in [0.4, 0.5) is 10.2 Å². The Bertz CT molecular complexity index is 1240. The Kier molecular flexibility index (Phi) is 4.95. The van der Waals surface area contributed by atoms with E-state index >= 15 is 0 Å². The number of halogens is 1. The van der Waals surface area contributed by atoms with Gasteiger partial charge in [-0.3, -0.25) is 9.97 Å². The summed E-state index contributed by atoms with van der Waals surface area (Å²) in [4.78, 5) is 13.5. The second-order valence-corrected chi connectivity index (χ2v) is 9.17. The normalized spacial score (nSPS) is 21.3. The third-order valence-electron chi connectivity index (χ3n) is 6.59. The van der Waals surface area contributed by atoms with Crippen LogP contribution in [0.3, 0.4) is 0 Å². The smallest absolute Gasteiger partial charge is 0.141 e. The minimum atomic E-state index is -1.04. The predicted molar refractivity (Wildman–Crippen MR) is 122 cm³/mol. The molecule has 0 amide bonds. The zero-order valence-corrected chi connectivity index (χ0v) is 18.6. The third kappa shape index (κ3) is 3.74. The largest absolute Gasteiger partial charge is 0.382 e. The van der Waals surface area contributed by atoms with E-state index in [0.29, 0.717) is 24.6 Å². The van der Waals surface area contributed by atoms with Crippen LogP contribution in [0.2, 0.25) is 0 Å². The van der Waals surface area contributed by atoms with Gasteiger partial charge in [0.2, 0.25) is 0 Å². The van der Waals surface area contributed by atoms with Crippen LogP contribution in [0.1, 0.15) is 44.1 Å². The van der Waals surface area contributed by atoms with Gasteiger partial charge in [-0.15, -0.1) is 0 Å². The van der Waals surface area contributed by atoms with Gasteiger partial charge in [0.25, 0.3) is 0 Å². The van der Waals surface area contributed by atoms with Crippen molar-refractivity contribution < 1.29 is 8.91 Å². The van der Waals surface area contributed by atoms with Crippen LogP contribution < -0.4 is 5.73 Å². The molecule has 4 heterocycles. The number of hydrogen-bond acceptors (Lipinski definition) is 6. The molecule has 7 nitrogen and oxygen atoms in total. The summed E-state index contributed by atoms with van der Waals surface area (Å²) in [7, 11) is 0. The van der Waals surface area contributed by atoms with Crippen LogP contribution in [-0.2, 0) is 6.54 Å². The van der Waals surface area contributed by atoms with Crippen molar-refractivity contribution in [2.45, 2.75) is 58.7 Å². The Hall–Kier alpha value is -3.29. The van der Waals surface area contributed by atoms with E-state index in [-0.39, 0.29) is 0 Å². The van der Waals surface area contributed by atoms with Crippen molar-refractivity contribution in [1.29, 1.82) is 0 Å². The van der Waals surface area contributed by atoms with Crippen LogP contribution in [0.15, 0.2) is 35.4 Å². The van der Waals surface area contributed by atoms with Gasteiger partial charge in [-0.1, -0.05) is 5.16 Å². The van der Waals surface area contributed by atoms with Crippen molar-refractivity contribution in [2.75, 3.05) is 5.73 Å². The highest BCUT2D eigenvalue weighted by Gasteiger charge is 2.31. The van der Waals surface area contributed by atoms with Gasteiger partial charge < -0.3 is 14.8 Å². The highest BCUT2D eigenvalue weighted by atomic mass is 19.1. The average molecular weight is 435 g/mol. The highest BCUT2D eigenvalue weighted by molar-refractivity contribution is 5.94. The zero-order chi connectivity index (χ0) is 22.5. The summed E-state index contributed by atoms with van der Waals surface area (Å²) in [6, 6.07) is 2.13. The van der Waals surface area contributed by atoms with Crippen LogP contribution in [-0.4, -0.2) is 30.3 Å². The maximum atomic E-state index is 14.3. The summed E-state index contributed by atoms with van der Waals surface area (Å²) in [5, 5.41) is 4.09. The standard InChI is InChI=1S/C24H27FN6O/c1-14-22(15(2)32-30-14)17-8-20-23(29-9-17)18(19-10-28-21(26)11-27-19)13-31(20)12-16-4-6-24(3,25)7-5-16/h8-11,13,16H,4-7,12H2,1-3H3,(H2,26,28). The number of hydrogen-bond donors (Lipinski definition) is 1. The number of alkyl halides is 1. The van der Waals surface area contributed by atoms with Crippen LogP contribution >= 0.6 is 0 Å². The van der Waals surface area contributed by atoms with Gasteiger partial charge in [0.05, 0.1) is 34.8 Å². The van der Waals surface area contributed by atoms with E-state index < -0.39 is 5.67 Å². The van der Waals surface area contributed by atoms with E-state index in [0.717, 1.165) is 64.3 Å². The molecule has 0 aromatic carbocycles. The Balaban J connectivity index is 1.60. The number of pyridine rings is 1. The molecule has 166 valence electrons. The molecule has 0 unspecified atom stereocenters. The fourth-order valence-corrected chi connectivity index (χ4v) is 4.75. The quantitative estimate of drug-likeness (QED) is 0.470. The molecule has 1 saturated carbocycles. The number of nitrogen functional groups attached to an aromatic ring is 1. The summed E-state index contributed by atoms with van der Waals surface area (Å²) in [5.74, 6) is 1.56. The SMILES string of the molecule is Cc1noc(C)c1-c1cnc2c(-c3cnc(N)cn3)cn(CC3CCC(C)(F)CC3)c2c1. The lowest BCUT2D eigenvalue weighted by Crippen LogP contribution is -2.27. The lowest BCUT2D eigenvalue weighted by molar-refractivity contribution is 0.0985. The number of nitrogens with zero attached hydrogens (tertiary/aromatic N) is 5. The topological polar surface area (TPSA) is 95.7 Å². The summed E-state index contributed by atoms with van der Waals surface area (Å²) in [5.41, 5.74) is 10.9. The maximum absolute atomic E-state index is 14.3. The number of aromatic nitrogens is 5. The van der Waals surface area contributed by atoms with Crippen molar-refractivity contribution in [1.82, 2.24) is 24.7 Å². The number of aryl methyl sites for hydroxylation is 2. The molecule has 0 saturated heterocycles. The molecule has 0 bridgehead atoms. The Morgan fingerprint density at radius 3 is 2.59 bits per heavy atom. The molecule has 1 aliphatic rings. The molecule has 4 aromatic heterocycles. The minimum absolute atomic E-state index is 0.377. The molecule has 0 atom stereocenters. The molecule has 0 aliphatic heterocycles. The van der Waals surface area contributed by atoms with Gasteiger partial charge >= 0.3 is 0 Å². The summed E-state index contributed by atoms with van der Waals surface area (Å²) in [6.07, 6.45) is 10.1. The van der Waals surface area contributed by atoms with Crippen molar-refractivity contribution >= 4 is 16.9 Å². The molecule has 1 fully saturated rings. The summed E-state index contributed by atoms with van der Waals surface area (Å²) < 4.78 is 21.9. The van der Waals surface area contributed by atoms with Crippen LogP contribution in [0.5, 0.6) is 0 Å². The molecule has 1 aliphatic carbocycles.